The van der Waals surface area contributed by atoms with Crippen LogP contribution in [0.15, 0.2) is 30.3 Å². The predicted molar refractivity (Wildman–Crippen MR) is 93.9 cm³/mol. The summed E-state index contributed by atoms with van der Waals surface area (Å²) in [5.74, 6) is 1.28. The molecule has 1 atom stereocenters. The molecular formula is C18H24N4O3. The molecule has 1 aliphatic rings. The molecule has 3 rings (SSSR count). The third-order valence-corrected chi connectivity index (χ3v) is 4.34. The maximum Gasteiger partial charge on any atom is 0.274 e. The van der Waals surface area contributed by atoms with Crippen molar-refractivity contribution in [3.8, 4) is 11.5 Å². The van der Waals surface area contributed by atoms with E-state index in [0.717, 1.165) is 25.2 Å². The van der Waals surface area contributed by atoms with Crippen molar-refractivity contribution in [2.24, 2.45) is 0 Å². The number of ether oxygens (including phenoxy) is 2. The van der Waals surface area contributed by atoms with Crippen molar-refractivity contribution in [1.29, 1.82) is 0 Å². The third-order valence-electron chi connectivity index (χ3n) is 4.34. The summed E-state index contributed by atoms with van der Waals surface area (Å²) in [4.78, 5) is 14.5. The van der Waals surface area contributed by atoms with Gasteiger partial charge in [-0.2, -0.15) is 5.10 Å². The molecule has 7 nitrogen and oxygen atoms in total. The van der Waals surface area contributed by atoms with Gasteiger partial charge < -0.3 is 19.7 Å². The first-order valence-corrected chi connectivity index (χ1v) is 8.54. The highest BCUT2D eigenvalue weighted by Gasteiger charge is 2.24. The molecule has 0 saturated carbocycles. The molecule has 25 heavy (non-hydrogen) atoms. The number of H-pyrrole nitrogens is 1. The van der Waals surface area contributed by atoms with Crippen LogP contribution in [0.3, 0.4) is 0 Å². The van der Waals surface area contributed by atoms with Gasteiger partial charge in [-0.15, -0.1) is 0 Å². The Balaban J connectivity index is 1.61. The van der Waals surface area contributed by atoms with Crippen molar-refractivity contribution in [2.75, 3.05) is 26.7 Å². The maximum absolute atomic E-state index is 12.6. The summed E-state index contributed by atoms with van der Waals surface area (Å²) in [5, 5.41) is 10.4. The van der Waals surface area contributed by atoms with Crippen LogP contribution >= 0.6 is 0 Å². The summed E-state index contributed by atoms with van der Waals surface area (Å²) < 4.78 is 11.0. The van der Waals surface area contributed by atoms with Crippen molar-refractivity contribution in [2.45, 2.75) is 26.0 Å². The van der Waals surface area contributed by atoms with Crippen LogP contribution in [0.4, 0.5) is 0 Å². The van der Waals surface area contributed by atoms with E-state index in [-0.39, 0.29) is 5.91 Å². The number of para-hydroxylation sites is 2. The van der Waals surface area contributed by atoms with Crippen molar-refractivity contribution < 1.29 is 14.3 Å². The Morgan fingerprint density at radius 2 is 2.16 bits per heavy atom. The molecule has 2 heterocycles. The van der Waals surface area contributed by atoms with E-state index < -0.39 is 0 Å². The summed E-state index contributed by atoms with van der Waals surface area (Å²) in [5.41, 5.74) is 1.17. The highest BCUT2D eigenvalue weighted by molar-refractivity contribution is 5.92. The Morgan fingerprint density at radius 3 is 2.92 bits per heavy atom. The van der Waals surface area contributed by atoms with E-state index in [0.29, 0.717) is 36.4 Å². The quantitative estimate of drug-likeness (QED) is 0.836. The lowest BCUT2D eigenvalue weighted by molar-refractivity contribution is 0.0695. The van der Waals surface area contributed by atoms with Gasteiger partial charge >= 0.3 is 0 Å². The van der Waals surface area contributed by atoms with Crippen molar-refractivity contribution >= 4 is 5.91 Å². The lowest BCUT2D eigenvalue weighted by atomic mass is 10.1. The van der Waals surface area contributed by atoms with E-state index in [9.17, 15) is 4.79 Å². The smallest absolute Gasteiger partial charge is 0.274 e. The van der Waals surface area contributed by atoms with Gasteiger partial charge in [0.1, 0.15) is 6.61 Å². The normalized spacial score (nSPS) is 17.4. The van der Waals surface area contributed by atoms with Crippen molar-refractivity contribution in [3.63, 3.8) is 0 Å². The van der Waals surface area contributed by atoms with Gasteiger partial charge in [-0.1, -0.05) is 19.1 Å². The molecule has 0 unspecified atom stereocenters. The fourth-order valence-corrected chi connectivity index (χ4v) is 2.88. The molecule has 0 radical (unpaired) electrons. The van der Waals surface area contributed by atoms with Crippen LogP contribution in [0.25, 0.3) is 0 Å². The summed E-state index contributed by atoms with van der Waals surface area (Å²) >= 11 is 0. The van der Waals surface area contributed by atoms with Gasteiger partial charge in [0.05, 0.1) is 12.8 Å². The molecule has 1 aliphatic heterocycles. The zero-order valence-electron chi connectivity index (χ0n) is 14.6. The van der Waals surface area contributed by atoms with E-state index in [1.54, 1.807) is 13.2 Å². The van der Waals surface area contributed by atoms with Gasteiger partial charge in [-0.25, -0.2) is 0 Å². The van der Waals surface area contributed by atoms with Crippen LogP contribution in [0.2, 0.25) is 0 Å². The number of hydrogen-bond acceptors (Lipinski definition) is 5. The first-order valence-electron chi connectivity index (χ1n) is 8.54. The number of carbonyl (C=O) groups excluding carboxylic acids is 1. The molecule has 2 N–H and O–H groups in total. The molecule has 1 fully saturated rings. The molecule has 0 bridgehead atoms. The van der Waals surface area contributed by atoms with Crippen LogP contribution < -0.4 is 14.8 Å². The van der Waals surface area contributed by atoms with E-state index in [1.807, 2.05) is 29.2 Å². The van der Waals surface area contributed by atoms with Gasteiger partial charge in [0.15, 0.2) is 17.2 Å². The highest BCUT2D eigenvalue weighted by atomic mass is 16.5. The molecule has 1 amide bonds. The van der Waals surface area contributed by atoms with E-state index in [4.69, 9.17) is 9.47 Å². The SMILES string of the molecule is CC[C@H]1CN(C(=O)c2cc(COc3ccccc3OC)[nH]n2)CCN1. The number of amides is 1. The molecule has 2 aromatic rings. The van der Waals surface area contributed by atoms with Crippen LogP contribution in [0.1, 0.15) is 29.5 Å². The average Bonchev–Trinajstić information content (AvgIpc) is 3.15. The van der Waals surface area contributed by atoms with Gasteiger partial charge in [-0.3, -0.25) is 9.89 Å². The van der Waals surface area contributed by atoms with E-state index in [2.05, 4.69) is 22.4 Å². The number of aromatic nitrogens is 2. The molecule has 1 aromatic carbocycles. The number of aromatic amines is 1. The third kappa shape index (κ3) is 4.11. The number of carbonyl (C=O) groups is 1. The summed E-state index contributed by atoms with van der Waals surface area (Å²) in [7, 11) is 1.60. The summed E-state index contributed by atoms with van der Waals surface area (Å²) in [6, 6.07) is 9.55. The number of nitrogens with one attached hydrogen (secondary N) is 2. The molecule has 1 saturated heterocycles. The summed E-state index contributed by atoms with van der Waals surface area (Å²) in [6.45, 7) is 4.65. The van der Waals surface area contributed by atoms with Gasteiger partial charge in [-0.05, 0) is 24.6 Å². The standard InChI is InChI=1S/C18H24N4O3/c1-3-13-11-22(9-8-19-13)18(23)15-10-14(20-21-15)12-25-17-7-5-4-6-16(17)24-2/h4-7,10,13,19H,3,8-9,11-12H2,1-2H3,(H,20,21)/t13-/m0/s1. The number of methoxy groups -OCH3 is 1. The lowest BCUT2D eigenvalue weighted by Gasteiger charge is -2.32. The van der Waals surface area contributed by atoms with Gasteiger partial charge in [0, 0.05) is 25.7 Å². The molecule has 0 spiro atoms. The molecular weight excluding hydrogens is 320 g/mol. The minimum absolute atomic E-state index is 0.0419. The van der Waals surface area contributed by atoms with Crippen LogP contribution in [0, 0.1) is 0 Å². The topological polar surface area (TPSA) is 79.5 Å². The minimum atomic E-state index is -0.0419. The zero-order chi connectivity index (χ0) is 17.6. The average molecular weight is 344 g/mol. The van der Waals surface area contributed by atoms with Gasteiger partial charge in [0.25, 0.3) is 5.91 Å². The first-order chi connectivity index (χ1) is 12.2. The minimum Gasteiger partial charge on any atom is -0.493 e. The fourth-order valence-electron chi connectivity index (χ4n) is 2.88. The molecule has 7 heteroatoms. The van der Waals surface area contributed by atoms with Crippen molar-refractivity contribution in [3.05, 3.63) is 41.7 Å². The Morgan fingerprint density at radius 1 is 1.36 bits per heavy atom. The van der Waals surface area contributed by atoms with Crippen LogP contribution in [-0.2, 0) is 6.61 Å². The van der Waals surface area contributed by atoms with Crippen molar-refractivity contribution in [1.82, 2.24) is 20.4 Å². The summed E-state index contributed by atoms with van der Waals surface area (Å²) in [6.07, 6.45) is 1.00. The van der Waals surface area contributed by atoms with Crippen LogP contribution in [-0.4, -0.2) is 53.8 Å². The number of benzene rings is 1. The Hall–Kier alpha value is -2.54. The second-order valence-corrected chi connectivity index (χ2v) is 6.03. The fraction of sp³-hybridized carbons (Fsp3) is 0.444. The largest absolute Gasteiger partial charge is 0.493 e. The molecule has 134 valence electrons. The zero-order valence-corrected chi connectivity index (χ0v) is 14.6. The Bertz CT molecular complexity index is 716. The predicted octanol–water partition coefficient (Wildman–Crippen LogP) is 1.82. The number of nitrogens with zero attached hydrogens (tertiary/aromatic N) is 2. The number of rotatable bonds is 6. The second kappa shape index (κ2) is 8.02. The Kier molecular flexibility index (Phi) is 5.55. The monoisotopic (exact) mass is 344 g/mol. The molecule has 0 aliphatic carbocycles. The van der Waals surface area contributed by atoms with E-state index >= 15 is 0 Å². The second-order valence-electron chi connectivity index (χ2n) is 6.03. The number of piperazine rings is 1. The highest BCUT2D eigenvalue weighted by Crippen LogP contribution is 2.26. The Labute approximate surface area is 147 Å². The molecule has 1 aromatic heterocycles. The lowest BCUT2D eigenvalue weighted by Crippen LogP contribution is -2.52. The number of hydrogen-bond donors (Lipinski definition) is 2. The van der Waals surface area contributed by atoms with Crippen LogP contribution in [0.5, 0.6) is 11.5 Å². The first kappa shape index (κ1) is 17.3. The van der Waals surface area contributed by atoms with Gasteiger partial charge in [0.2, 0.25) is 0 Å². The van der Waals surface area contributed by atoms with E-state index in [1.165, 1.54) is 0 Å². The maximum atomic E-state index is 12.6.